The van der Waals surface area contributed by atoms with Gasteiger partial charge in [-0.05, 0) is 19.5 Å². The zero-order valence-electron chi connectivity index (χ0n) is 13.0. The topological polar surface area (TPSA) is 9.23 Å². The van der Waals surface area contributed by atoms with E-state index >= 15 is 0 Å². The Morgan fingerprint density at radius 2 is 1.18 bits per heavy atom. The maximum Gasteiger partial charge on any atom is 0.224 e. The summed E-state index contributed by atoms with van der Waals surface area (Å²) in [6.45, 7) is 5.19. The Morgan fingerprint density at radius 3 is 1.68 bits per heavy atom. The molecular formula is C15H21F5OSi. The molecule has 0 radical (unpaired) electrons. The van der Waals surface area contributed by atoms with E-state index in [1.807, 2.05) is 0 Å². The molecule has 1 aromatic rings. The molecule has 7 heteroatoms. The average molecular weight is 340 g/mol. The first-order chi connectivity index (χ1) is 10.2. The van der Waals surface area contributed by atoms with Crippen molar-refractivity contribution < 1.29 is 26.4 Å². The number of unbranched alkanes of at least 4 members (excludes halogenated alkanes) is 4. The lowest BCUT2D eigenvalue weighted by Gasteiger charge is -2.24. The maximum absolute atomic E-state index is 13.8. The van der Waals surface area contributed by atoms with Crippen molar-refractivity contribution >= 4 is 13.5 Å². The van der Waals surface area contributed by atoms with E-state index in [0.29, 0.717) is 6.42 Å². The van der Waals surface area contributed by atoms with Gasteiger partial charge in [-0.25, -0.2) is 22.0 Å². The molecule has 0 fully saturated rings. The molecular weight excluding hydrogens is 319 g/mol. The molecule has 0 amide bonds. The molecule has 1 rings (SSSR count). The summed E-state index contributed by atoms with van der Waals surface area (Å²) in [7, 11) is -3.22. The standard InChI is InChI=1S/C15H21F5OSi/c1-4-5-6-7-8-9-21-22(2,3)15-13(19)11(17)10(16)12(18)14(15)20/h4-9H2,1-3H3. The summed E-state index contributed by atoms with van der Waals surface area (Å²) >= 11 is 0. The van der Waals surface area contributed by atoms with Crippen molar-refractivity contribution in [3.63, 3.8) is 0 Å². The third-order valence-corrected chi connectivity index (χ3v) is 6.09. The van der Waals surface area contributed by atoms with Crippen molar-refractivity contribution in [1.82, 2.24) is 0 Å². The van der Waals surface area contributed by atoms with Crippen LogP contribution >= 0.6 is 0 Å². The van der Waals surface area contributed by atoms with Crippen molar-refractivity contribution in [3.05, 3.63) is 29.1 Å². The van der Waals surface area contributed by atoms with Crippen LogP contribution in [0.25, 0.3) is 0 Å². The lowest BCUT2D eigenvalue weighted by Crippen LogP contribution is -2.50. The molecule has 126 valence electrons. The van der Waals surface area contributed by atoms with Crippen LogP contribution in [0.2, 0.25) is 13.1 Å². The van der Waals surface area contributed by atoms with Crippen LogP contribution in [0.15, 0.2) is 0 Å². The second-order valence-corrected chi connectivity index (χ2v) is 9.53. The fraction of sp³-hybridized carbons (Fsp3) is 0.600. The SMILES string of the molecule is CCCCCCCO[Si](C)(C)c1c(F)c(F)c(F)c(F)c1F. The molecule has 0 saturated carbocycles. The van der Waals surface area contributed by atoms with Crippen LogP contribution in [-0.4, -0.2) is 14.9 Å². The molecule has 0 atom stereocenters. The summed E-state index contributed by atoms with van der Waals surface area (Å²) in [4.78, 5) is 0. The van der Waals surface area contributed by atoms with Crippen LogP contribution < -0.4 is 5.19 Å². The van der Waals surface area contributed by atoms with E-state index in [9.17, 15) is 22.0 Å². The van der Waals surface area contributed by atoms with Crippen LogP contribution in [-0.2, 0) is 4.43 Å². The van der Waals surface area contributed by atoms with Crippen LogP contribution in [0.4, 0.5) is 22.0 Å². The molecule has 0 heterocycles. The zero-order chi connectivity index (χ0) is 16.9. The molecule has 0 aliphatic heterocycles. The van der Waals surface area contributed by atoms with Gasteiger partial charge in [0.2, 0.25) is 14.1 Å². The molecule has 0 aromatic heterocycles. The van der Waals surface area contributed by atoms with Gasteiger partial charge in [0.15, 0.2) is 23.3 Å². The highest BCUT2D eigenvalue weighted by molar-refractivity contribution is 6.84. The summed E-state index contributed by atoms with van der Waals surface area (Å²) in [5.74, 6) is -9.52. The summed E-state index contributed by atoms with van der Waals surface area (Å²) in [6.07, 6.45) is 4.83. The first kappa shape index (κ1) is 19.1. The monoisotopic (exact) mass is 340 g/mol. The van der Waals surface area contributed by atoms with Crippen molar-refractivity contribution in [1.29, 1.82) is 0 Å². The van der Waals surface area contributed by atoms with Gasteiger partial charge in [-0.15, -0.1) is 0 Å². The average Bonchev–Trinajstić information content (AvgIpc) is 2.46. The molecule has 0 aliphatic rings. The second kappa shape index (κ2) is 8.06. The van der Waals surface area contributed by atoms with E-state index in [0.717, 1.165) is 25.7 Å². The molecule has 0 saturated heterocycles. The predicted molar refractivity (Wildman–Crippen MR) is 78.1 cm³/mol. The molecule has 0 unspecified atom stereocenters. The zero-order valence-corrected chi connectivity index (χ0v) is 14.0. The lowest BCUT2D eigenvalue weighted by atomic mass is 10.2. The number of hydrogen-bond acceptors (Lipinski definition) is 1. The Labute approximate surface area is 128 Å². The van der Waals surface area contributed by atoms with E-state index < -0.39 is 42.6 Å². The minimum absolute atomic E-state index is 0.252. The molecule has 0 N–H and O–H groups in total. The van der Waals surface area contributed by atoms with Gasteiger partial charge < -0.3 is 4.43 Å². The van der Waals surface area contributed by atoms with Gasteiger partial charge in [0.05, 0.1) is 0 Å². The van der Waals surface area contributed by atoms with Gasteiger partial charge in [-0.3, -0.25) is 0 Å². The first-order valence-corrected chi connectivity index (χ1v) is 10.3. The van der Waals surface area contributed by atoms with Crippen LogP contribution in [0.3, 0.4) is 0 Å². The van der Waals surface area contributed by atoms with Gasteiger partial charge in [0.25, 0.3) is 0 Å². The van der Waals surface area contributed by atoms with Crippen LogP contribution in [0.5, 0.6) is 0 Å². The van der Waals surface area contributed by atoms with Crippen molar-refractivity contribution in [2.75, 3.05) is 6.61 Å². The molecule has 0 spiro atoms. The maximum atomic E-state index is 13.8. The van der Waals surface area contributed by atoms with Gasteiger partial charge in [-0.2, -0.15) is 0 Å². The van der Waals surface area contributed by atoms with E-state index in [4.69, 9.17) is 4.43 Å². The van der Waals surface area contributed by atoms with Crippen LogP contribution in [0.1, 0.15) is 39.0 Å². The predicted octanol–water partition coefficient (Wildman–Crippen LogP) is 4.78. The smallest absolute Gasteiger partial charge is 0.224 e. The fourth-order valence-corrected chi connectivity index (χ4v) is 4.31. The fourth-order valence-electron chi connectivity index (χ4n) is 2.24. The molecule has 0 aliphatic carbocycles. The second-order valence-electron chi connectivity index (χ2n) is 5.72. The van der Waals surface area contributed by atoms with Gasteiger partial charge in [0.1, 0.15) is 0 Å². The summed E-state index contributed by atoms with van der Waals surface area (Å²) in [5, 5.41) is -0.794. The largest absolute Gasteiger partial charge is 0.413 e. The summed E-state index contributed by atoms with van der Waals surface area (Å²) in [6, 6.07) is 0. The van der Waals surface area contributed by atoms with Gasteiger partial charge >= 0.3 is 0 Å². The Hall–Kier alpha value is -0.953. The molecule has 1 aromatic carbocycles. The number of halogens is 5. The van der Waals surface area contributed by atoms with E-state index in [-0.39, 0.29) is 6.61 Å². The Bertz CT molecular complexity index is 490. The number of rotatable bonds is 8. The highest BCUT2D eigenvalue weighted by Gasteiger charge is 2.37. The number of benzene rings is 1. The highest BCUT2D eigenvalue weighted by atomic mass is 28.4. The van der Waals surface area contributed by atoms with E-state index in [1.54, 1.807) is 0 Å². The third kappa shape index (κ3) is 4.29. The molecule has 1 nitrogen and oxygen atoms in total. The quantitative estimate of drug-likeness (QED) is 0.218. The summed E-state index contributed by atoms with van der Waals surface area (Å²) < 4.78 is 72.7. The van der Waals surface area contributed by atoms with Crippen molar-refractivity contribution in [2.45, 2.75) is 52.1 Å². The Morgan fingerprint density at radius 1 is 0.727 bits per heavy atom. The van der Waals surface area contributed by atoms with Crippen molar-refractivity contribution in [2.24, 2.45) is 0 Å². The minimum Gasteiger partial charge on any atom is -0.413 e. The Balaban J connectivity index is 2.85. The van der Waals surface area contributed by atoms with Gasteiger partial charge in [0, 0.05) is 11.8 Å². The highest BCUT2D eigenvalue weighted by Crippen LogP contribution is 2.20. The first-order valence-electron chi connectivity index (χ1n) is 7.39. The van der Waals surface area contributed by atoms with Crippen LogP contribution in [0, 0.1) is 29.1 Å². The lowest BCUT2D eigenvalue weighted by molar-refractivity contribution is 0.299. The third-order valence-electron chi connectivity index (χ3n) is 3.52. The Kier molecular flexibility index (Phi) is 6.99. The number of hydrogen-bond donors (Lipinski definition) is 0. The van der Waals surface area contributed by atoms with Crippen molar-refractivity contribution in [3.8, 4) is 0 Å². The van der Waals surface area contributed by atoms with Gasteiger partial charge in [-0.1, -0.05) is 32.6 Å². The van der Waals surface area contributed by atoms with E-state index in [2.05, 4.69) is 6.92 Å². The molecule has 0 bridgehead atoms. The molecule has 22 heavy (non-hydrogen) atoms. The normalized spacial score (nSPS) is 12.0. The van der Waals surface area contributed by atoms with E-state index in [1.165, 1.54) is 13.1 Å². The minimum atomic E-state index is -3.22. The summed E-state index contributed by atoms with van der Waals surface area (Å²) in [5.41, 5.74) is 0.